The molecular formula is C77H132O17P2. The van der Waals surface area contributed by atoms with Crippen molar-refractivity contribution < 1.29 is 80.2 Å². The highest BCUT2D eigenvalue weighted by Crippen LogP contribution is 2.45. The van der Waals surface area contributed by atoms with E-state index in [1.54, 1.807) is 0 Å². The van der Waals surface area contributed by atoms with Gasteiger partial charge in [0.25, 0.3) is 0 Å². The van der Waals surface area contributed by atoms with Gasteiger partial charge in [-0.25, -0.2) is 9.13 Å². The van der Waals surface area contributed by atoms with Crippen molar-refractivity contribution in [2.24, 2.45) is 0 Å². The Kier molecular flexibility index (Phi) is 66.1. The van der Waals surface area contributed by atoms with Crippen molar-refractivity contribution in [1.29, 1.82) is 0 Å². The zero-order chi connectivity index (χ0) is 70.4. The average molecular weight is 1390 g/mol. The lowest BCUT2D eigenvalue weighted by Gasteiger charge is -2.21. The fourth-order valence-corrected chi connectivity index (χ4v) is 11.3. The molecule has 0 heterocycles. The molecule has 0 amide bonds. The molecule has 0 rings (SSSR count). The van der Waals surface area contributed by atoms with E-state index in [1.807, 2.05) is 0 Å². The summed E-state index contributed by atoms with van der Waals surface area (Å²) in [6.45, 7) is 4.47. The Hall–Kier alpha value is -4.28. The summed E-state index contributed by atoms with van der Waals surface area (Å²) < 4.78 is 68.4. The van der Waals surface area contributed by atoms with Gasteiger partial charge in [0.15, 0.2) is 12.2 Å². The summed E-state index contributed by atoms with van der Waals surface area (Å²) in [6.07, 6.45) is 72.3. The minimum absolute atomic E-state index is 0.0703. The van der Waals surface area contributed by atoms with Crippen LogP contribution in [0.15, 0.2) is 109 Å². The number of phosphoric acid groups is 2. The number of carbonyl (C=O) groups excluding carboxylic acids is 4. The van der Waals surface area contributed by atoms with Crippen LogP contribution in [0.25, 0.3) is 0 Å². The number of phosphoric ester groups is 2. The lowest BCUT2D eigenvalue weighted by Crippen LogP contribution is -2.30. The fraction of sp³-hybridized carbons (Fsp3) is 0.714. The molecule has 0 aromatic heterocycles. The molecule has 0 saturated heterocycles. The molecule has 0 aromatic carbocycles. The maximum Gasteiger partial charge on any atom is 0.472 e. The van der Waals surface area contributed by atoms with Gasteiger partial charge in [-0.1, -0.05) is 259 Å². The van der Waals surface area contributed by atoms with Gasteiger partial charge in [0.1, 0.15) is 19.3 Å². The summed E-state index contributed by atoms with van der Waals surface area (Å²) in [7, 11) is -9.95. The summed E-state index contributed by atoms with van der Waals surface area (Å²) in [4.78, 5) is 72.7. The SMILES string of the molecule is CC/C=C\C/C=C\C/C=C\CCCCCCCC(=O)OCC(COP(=O)(O)OCC(O)COP(=O)(O)OCC(COC(=O)CCCCCCC/C=C\C/C=C\C/C=C\CC)OC(=O)CCCCCCCCCCCCC)OC(=O)CCCCCCC/C=C\C/C=C\C/C=C\CC. The molecular weight excluding hydrogens is 1260 g/mol. The van der Waals surface area contributed by atoms with Crippen LogP contribution in [-0.2, 0) is 65.4 Å². The minimum atomic E-state index is -4.98. The number of unbranched alkanes of at least 4 members (excludes halogenated alkanes) is 25. The second-order valence-corrected chi connectivity index (χ2v) is 27.4. The normalized spacial score (nSPS) is 14.6. The fourth-order valence-electron chi connectivity index (χ4n) is 9.67. The van der Waals surface area contributed by atoms with Crippen molar-refractivity contribution in [1.82, 2.24) is 0 Å². The second kappa shape index (κ2) is 69.2. The molecule has 5 unspecified atom stereocenters. The summed E-state index contributed by atoms with van der Waals surface area (Å²) in [5.74, 6) is -2.22. The number of aliphatic hydroxyl groups is 1. The molecule has 17 nitrogen and oxygen atoms in total. The first-order valence-electron chi connectivity index (χ1n) is 37.1. The highest BCUT2D eigenvalue weighted by Gasteiger charge is 2.30. The first-order valence-corrected chi connectivity index (χ1v) is 40.1. The highest BCUT2D eigenvalue weighted by atomic mass is 31.2. The Bertz CT molecular complexity index is 2250. The molecule has 0 fully saturated rings. The first kappa shape index (κ1) is 91.7. The van der Waals surface area contributed by atoms with Crippen molar-refractivity contribution >= 4 is 39.5 Å². The zero-order valence-electron chi connectivity index (χ0n) is 60.0. The lowest BCUT2D eigenvalue weighted by atomic mass is 10.1. The van der Waals surface area contributed by atoms with Crippen LogP contribution in [0.2, 0.25) is 0 Å². The third-order valence-corrected chi connectivity index (χ3v) is 17.1. The van der Waals surface area contributed by atoms with Crippen LogP contribution in [0.5, 0.6) is 0 Å². The van der Waals surface area contributed by atoms with Crippen LogP contribution >= 0.6 is 15.6 Å². The molecule has 19 heteroatoms. The van der Waals surface area contributed by atoms with Crippen LogP contribution in [-0.4, -0.2) is 96.7 Å². The largest absolute Gasteiger partial charge is 0.472 e. The summed E-state index contributed by atoms with van der Waals surface area (Å²) in [5, 5.41) is 10.6. The summed E-state index contributed by atoms with van der Waals surface area (Å²) in [6, 6.07) is 0. The number of hydrogen-bond donors (Lipinski definition) is 3. The number of rotatable bonds is 69. The predicted molar refractivity (Wildman–Crippen MR) is 390 cm³/mol. The molecule has 5 atom stereocenters. The lowest BCUT2D eigenvalue weighted by molar-refractivity contribution is -0.161. The van der Waals surface area contributed by atoms with Gasteiger partial charge in [0.05, 0.1) is 26.4 Å². The molecule has 3 N–H and O–H groups in total. The zero-order valence-corrected chi connectivity index (χ0v) is 61.8. The van der Waals surface area contributed by atoms with Gasteiger partial charge >= 0.3 is 39.5 Å². The highest BCUT2D eigenvalue weighted by molar-refractivity contribution is 7.47. The van der Waals surface area contributed by atoms with Crippen LogP contribution in [0.1, 0.15) is 297 Å². The van der Waals surface area contributed by atoms with Crippen molar-refractivity contribution in [2.75, 3.05) is 39.6 Å². The number of esters is 4. The topological polar surface area (TPSA) is 237 Å². The van der Waals surface area contributed by atoms with E-state index in [-0.39, 0.29) is 25.7 Å². The molecule has 0 aliphatic carbocycles. The number of ether oxygens (including phenoxy) is 4. The Labute approximate surface area is 581 Å². The van der Waals surface area contributed by atoms with E-state index >= 15 is 0 Å². The van der Waals surface area contributed by atoms with Crippen molar-refractivity contribution in [2.45, 2.75) is 316 Å². The molecule has 0 aromatic rings. The van der Waals surface area contributed by atoms with Gasteiger partial charge in [-0.15, -0.1) is 0 Å². The molecule has 0 saturated carbocycles. The summed E-state index contributed by atoms with van der Waals surface area (Å²) in [5.41, 5.74) is 0. The number of hydrogen-bond acceptors (Lipinski definition) is 15. The number of aliphatic hydroxyl groups excluding tert-OH is 1. The van der Waals surface area contributed by atoms with Gasteiger partial charge in [-0.2, -0.15) is 0 Å². The van der Waals surface area contributed by atoms with Gasteiger partial charge in [-0.3, -0.25) is 37.3 Å². The Morgan fingerprint density at radius 2 is 0.542 bits per heavy atom. The molecule has 0 spiro atoms. The first-order chi connectivity index (χ1) is 46.7. The smallest absolute Gasteiger partial charge is 0.462 e. The molecule has 0 bridgehead atoms. The van der Waals surface area contributed by atoms with E-state index in [2.05, 4.69) is 137 Å². The standard InChI is InChI=1S/C77H132O17P2/c1-5-9-13-17-21-25-29-32-35-38-42-45-49-53-57-61-74(79)87-67-72(93-76(81)63-59-55-51-47-41-28-24-20-16-12-8-4)69-91-95(83,84)89-65-71(78)66-90-96(85,86)92-70-73(94-77(82)64-60-56-52-48-44-40-37-34-31-27-23-19-15-11-7-3)68-88-75(80)62-58-54-50-46-43-39-36-33-30-26-22-18-14-10-6-2/h9-11,13-15,21-23,25-27,32-37,71-73,78H,5-8,12,16-20,24,28-31,38-70H2,1-4H3,(H,83,84)(H,85,86)/b13-9-,14-10-,15-11-,25-21-,26-22-,27-23-,35-32-,36-33-,37-34-. The summed E-state index contributed by atoms with van der Waals surface area (Å²) >= 11 is 0. The van der Waals surface area contributed by atoms with Gasteiger partial charge in [-0.05, 0) is 122 Å². The van der Waals surface area contributed by atoms with Crippen molar-refractivity contribution in [3.63, 3.8) is 0 Å². The van der Waals surface area contributed by atoms with Crippen LogP contribution in [0.4, 0.5) is 0 Å². The van der Waals surface area contributed by atoms with Gasteiger partial charge < -0.3 is 33.8 Å². The maximum absolute atomic E-state index is 13.1. The van der Waals surface area contributed by atoms with E-state index in [9.17, 15) is 43.2 Å². The van der Waals surface area contributed by atoms with E-state index in [4.69, 9.17) is 37.0 Å². The third-order valence-electron chi connectivity index (χ3n) is 15.2. The minimum Gasteiger partial charge on any atom is -0.462 e. The van der Waals surface area contributed by atoms with E-state index < -0.39 is 97.5 Å². The van der Waals surface area contributed by atoms with Gasteiger partial charge in [0.2, 0.25) is 0 Å². The Balaban J connectivity index is 5.36. The van der Waals surface area contributed by atoms with E-state index in [1.165, 1.54) is 38.5 Å². The molecule has 0 aliphatic rings. The monoisotopic (exact) mass is 1390 g/mol. The van der Waals surface area contributed by atoms with E-state index in [0.29, 0.717) is 25.7 Å². The number of allylic oxidation sites excluding steroid dienone is 18. The average Bonchev–Trinajstić information content (AvgIpc) is 1.09. The van der Waals surface area contributed by atoms with Crippen molar-refractivity contribution in [3.8, 4) is 0 Å². The predicted octanol–water partition coefficient (Wildman–Crippen LogP) is 21.0. The Morgan fingerprint density at radius 1 is 0.302 bits per heavy atom. The maximum atomic E-state index is 13.1. The molecule has 96 heavy (non-hydrogen) atoms. The second-order valence-electron chi connectivity index (χ2n) is 24.5. The number of carbonyl (C=O) groups is 4. The van der Waals surface area contributed by atoms with Crippen LogP contribution in [0, 0.1) is 0 Å². The quantitative estimate of drug-likeness (QED) is 0.0169. The third kappa shape index (κ3) is 68.3. The molecule has 0 aliphatic heterocycles. The van der Waals surface area contributed by atoms with Gasteiger partial charge in [0, 0.05) is 25.7 Å². The molecule has 552 valence electrons. The molecule has 0 radical (unpaired) electrons. The van der Waals surface area contributed by atoms with E-state index in [0.717, 1.165) is 180 Å². The van der Waals surface area contributed by atoms with Crippen LogP contribution in [0.3, 0.4) is 0 Å². The Morgan fingerprint density at radius 3 is 0.833 bits per heavy atom. The van der Waals surface area contributed by atoms with Crippen molar-refractivity contribution in [3.05, 3.63) is 109 Å². The van der Waals surface area contributed by atoms with Crippen LogP contribution < -0.4 is 0 Å².